The molecule has 0 amide bonds. The number of hydrogen-bond acceptors (Lipinski definition) is 2. The van der Waals surface area contributed by atoms with E-state index in [9.17, 15) is 21.6 Å². The number of alkyl halides is 3. The largest absolute Gasteiger partial charge is 0.501 e. The zero-order valence-electron chi connectivity index (χ0n) is 6.85. The molecule has 84 valence electrons. The summed E-state index contributed by atoms with van der Waals surface area (Å²) in [6, 6.07) is 2.40. The summed E-state index contributed by atoms with van der Waals surface area (Å²) in [6.45, 7) is 0. The Hall–Kier alpha value is -0.460. The minimum absolute atomic E-state index is 0.0159. The van der Waals surface area contributed by atoms with Crippen molar-refractivity contribution in [1.29, 1.82) is 0 Å². The molecule has 0 spiro atoms. The van der Waals surface area contributed by atoms with Crippen LogP contribution in [0.2, 0.25) is 10.0 Å². The third-order valence-corrected chi connectivity index (χ3v) is 3.73. The predicted octanol–water partition coefficient (Wildman–Crippen LogP) is 3.29. The summed E-state index contributed by atoms with van der Waals surface area (Å²) in [5.41, 5.74) is -5.34. The van der Waals surface area contributed by atoms with Crippen LogP contribution in [0.4, 0.5) is 13.2 Å². The van der Waals surface area contributed by atoms with Gasteiger partial charge in [-0.05, 0) is 18.2 Å². The van der Waals surface area contributed by atoms with Crippen LogP contribution in [0.3, 0.4) is 0 Å². The molecule has 8 heteroatoms. The first kappa shape index (κ1) is 12.6. The second-order valence-corrected chi connectivity index (χ2v) is 5.28. The molecule has 0 N–H and O–H groups in total. The monoisotopic (exact) mass is 278 g/mol. The summed E-state index contributed by atoms with van der Waals surface area (Å²) < 4.78 is 58.0. The van der Waals surface area contributed by atoms with Crippen molar-refractivity contribution >= 4 is 33.0 Å². The van der Waals surface area contributed by atoms with Gasteiger partial charge in [0.15, 0.2) is 0 Å². The van der Waals surface area contributed by atoms with E-state index in [1.54, 1.807) is 0 Å². The van der Waals surface area contributed by atoms with Gasteiger partial charge in [0.2, 0.25) is 0 Å². The van der Waals surface area contributed by atoms with Gasteiger partial charge in [0, 0.05) is 0 Å². The molecule has 0 atom stereocenters. The predicted molar refractivity (Wildman–Crippen MR) is 49.7 cm³/mol. The van der Waals surface area contributed by atoms with Crippen LogP contribution in [-0.2, 0) is 9.84 Å². The van der Waals surface area contributed by atoms with Crippen LogP contribution >= 0.6 is 23.2 Å². The first-order valence-electron chi connectivity index (χ1n) is 3.42. The number of rotatable bonds is 1. The van der Waals surface area contributed by atoms with E-state index < -0.39 is 20.2 Å². The lowest BCUT2D eigenvalue weighted by atomic mass is 10.4. The molecule has 0 bridgehead atoms. The molecule has 1 aromatic rings. The second kappa shape index (κ2) is 3.84. The zero-order valence-corrected chi connectivity index (χ0v) is 9.17. The fraction of sp³-hybridized carbons (Fsp3) is 0.143. The van der Waals surface area contributed by atoms with Crippen LogP contribution in [0.5, 0.6) is 0 Å². The Kier molecular flexibility index (Phi) is 3.23. The Labute approximate surface area is 93.5 Å². The minimum atomic E-state index is -5.36. The number of hydrogen-bond donors (Lipinski definition) is 0. The average Bonchev–Trinajstić information content (AvgIpc) is 2.07. The van der Waals surface area contributed by atoms with Crippen molar-refractivity contribution in [2.75, 3.05) is 0 Å². The number of benzene rings is 1. The van der Waals surface area contributed by atoms with Gasteiger partial charge in [0.1, 0.15) is 0 Å². The lowest BCUT2D eigenvalue weighted by molar-refractivity contribution is -0.0436. The topological polar surface area (TPSA) is 34.1 Å². The SMILES string of the molecule is O=S(=O)(c1ccc(Cl)c(Cl)c1)C(F)(F)F. The van der Waals surface area contributed by atoms with E-state index in [2.05, 4.69) is 0 Å². The summed E-state index contributed by atoms with van der Waals surface area (Å²) in [4.78, 5) is -0.926. The third kappa shape index (κ3) is 2.38. The van der Waals surface area contributed by atoms with Gasteiger partial charge >= 0.3 is 5.51 Å². The number of halogens is 5. The van der Waals surface area contributed by atoms with E-state index in [1.807, 2.05) is 0 Å². The first-order valence-corrected chi connectivity index (χ1v) is 5.66. The van der Waals surface area contributed by atoms with Crippen molar-refractivity contribution in [2.24, 2.45) is 0 Å². The van der Waals surface area contributed by atoms with Crippen molar-refractivity contribution in [1.82, 2.24) is 0 Å². The Balaban J connectivity index is 3.36. The van der Waals surface area contributed by atoms with Crippen molar-refractivity contribution < 1.29 is 21.6 Å². The summed E-state index contributed by atoms with van der Waals surface area (Å²) in [6.07, 6.45) is 0. The van der Waals surface area contributed by atoms with E-state index in [-0.39, 0.29) is 10.0 Å². The molecule has 0 aliphatic carbocycles. The fourth-order valence-electron chi connectivity index (χ4n) is 0.778. The van der Waals surface area contributed by atoms with Gasteiger partial charge in [-0.25, -0.2) is 8.42 Å². The van der Waals surface area contributed by atoms with Gasteiger partial charge in [-0.1, -0.05) is 23.2 Å². The standard InChI is InChI=1S/C7H3Cl2F3O2S/c8-5-2-1-4(3-6(5)9)15(13,14)7(10,11)12/h1-3H. The normalized spacial score (nSPS) is 12.9. The molecule has 0 saturated carbocycles. The van der Waals surface area contributed by atoms with Gasteiger partial charge in [-0.2, -0.15) is 13.2 Å². The van der Waals surface area contributed by atoms with E-state index >= 15 is 0 Å². The molecule has 1 rings (SSSR count). The summed E-state index contributed by atoms with van der Waals surface area (Å²) in [7, 11) is -5.36. The number of sulfone groups is 1. The Bertz CT molecular complexity index is 481. The molecule has 0 radical (unpaired) electrons. The molecule has 0 unspecified atom stereocenters. The summed E-state index contributed by atoms with van der Waals surface area (Å²) in [5.74, 6) is 0. The quantitative estimate of drug-likeness (QED) is 0.790. The molecule has 15 heavy (non-hydrogen) atoms. The highest BCUT2D eigenvalue weighted by molar-refractivity contribution is 7.92. The molecular formula is C7H3Cl2F3O2S. The maximum absolute atomic E-state index is 12.1. The summed E-state index contributed by atoms with van der Waals surface area (Å²) in [5, 5.41) is -0.264. The molecular weight excluding hydrogens is 276 g/mol. The second-order valence-electron chi connectivity index (χ2n) is 2.53. The molecule has 2 nitrogen and oxygen atoms in total. The lowest BCUT2D eigenvalue weighted by Gasteiger charge is -2.08. The third-order valence-electron chi connectivity index (χ3n) is 1.51. The Morgan fingerprint density at radius 3 is 2.00 bits per heavy atom. The molecule has 0 aliphatic rings. The van der Waals surface area contributed by atoms with Crippen LogP contribution in [0.15, 0.2) is 23.1 Å². The molecule has 0 aromatic heterocycles. The van der Waals surface area contributed by atoms with Gasteiger partial charge in [0.25, 0.3) is 9.84 Å². The van der Waals surface area contributed by atoms with Crippen LogP contribution in [0, 0.1) is 0 Å². The van der Waals surface area contributed by atoms with E-state index in [0.717, 1.165) is 12.1 Å². The Morgan fingerprint density at radius 1 is 1.07 bits per heavy atom. The van der Waals surface area contributed by atoms with E-state index in [1.165, 1.54) is 0 Å². The highest BCUT2D eigenvalue weighted by Gasteiger charge is 2.46. The first-order chi connectivity index (χ1) is 6.66. The summed E-state index contributed by atoms with van der Waals surface area (Å²) >= 11 is 10.8. The van der Waals surface area contributed by atoms with Gasteiger partial charge in [-0.3, -0.25) is 0 Å². The molecule has 0 heterocycles. The van der Waals surface area contributed by atoms with Crippen LogP contribution in [0.25, 0.3) is 0 Å². The highest BCUT2D eigenvalue weighted by atomic mass is 35.5. The zero-order chi connectivity index (χ0) is 11.9. The fourth-order valence-corrected chi connectivity index (χ4v) is 1.93. The van der Waals surface area contributed by atoms with Crippen LogP contribution in [0.1, 0.15) is 0 Å². The average molecular weight is 279 g/mol. The highest BCUT2D eigenvalue weighted by Crippen LogP contribution is 2.33. The van der Waals surface area contributed by atoms with Gasteiger partial charge in [-0.15, -0.1) is 0 Å². The lowest BCUT2D eigenvalue weighted by Crippen LogP contribution is -2.23. The van der Waals surface area contributed by atoms with E-state index in [4.69, 9.17) is 23.2 Å². The minimum Gasteiger partial charge on any atom is -0.214 e. The Morgan fingerprint density at radius 2 is 1.60 bits per heavy atom. The van der Waals surface area contributed by atoms with Crippen molar-refractivity contribution in [3.8, 4) is 0 Å². The maximum Gasteiger partial charge on any atom is 0.501 e. The van der Waals surface area contributed by atoms with Crippen molar-refractivity contribution in [3.05, 3.63) is 28.2 Å². The van der Waals surface area contributed by atoms with Crippen LogP contribution in [-0.4, -0.2) is 13.9 Å². The van der Waals surface area contributed by atoms with Crippen LogP contribution < -0.4 is 0 Å². The van der Waals surface area contributed by atoms with Crippen molar-refractivity contribution in [3.63, 3.8) is 0 Å². The van der Waals surface area contributed by atoms with Gasteiger partial charge in [0.05, 0.1) is 14.9 Å². The molecule has 1 aromatic carbocycles. The van der Waals surface area contributed by atoms with E-state index in [0.29, 0.717) is 6.07 Å². The van der Waals surface area contributed by atoms with Crippen molar-refractivity contribution in [2.45, 2.75) is 10.4 Å². The van der Waals surface area contributed by atoms with Gasteiger partial charge < -0.3 is 0 Å². The molecule has 0 saturated heterocycles. The smallest absolute Gasteiger partial charge is 0.214 e. The molecule has 0 aliphatic heterocycles. The molecule has 0 fully saturated rings. The maximum atomic E-state index is 12.1.